The number of hydrogen-bond donors (Lipinski definition) is 1. The Labute approximate surface area is 199 Å². The summed E-state index contributed by atoms with van der Waals surface area (Å²) in [6.45, 7) is 7.05. The molecule has 0 amide bonds. The van der Waals surface area contributed by atoms with Crippen LogP contribution in [-0.2, 0) is 16.0 Å². The van der Waals surface area contributed by atoms with Crippen LogP contribution in [0.15, 0.2) is 48.5 Å². The van der Waals surface area contributed by atoms with Gasteiger partial charge in [0.05, 0.1) is 12.1 Å². The number of pyridine rings is 1. The molecule has 2 heterocycles. The molecule has 1 aromatic heterocycles. The molecule has 0 unspecified atom stereocenters. The topological polar surface area (TPSA) is 68.7 Å². The number of hydrogen-bond acceptors (Lipinski definition) is 4. The first-order chi connectivity index (χ1) is 16.5. The Balaban J connectivity index is 1.85. The van der Waals surface area contributed by atoms with Gasteiger partial charge in [0.15, 0.2) is 6.10 Å². The zero-order valence-corrected chi connectivity index (χ0v) is 19.9. The average Bonchev–Trinajstić information content (AvgIpc) is 2.82. The molecule has 1 N–H and O–H groups in total. The third-order valence-corrected chi connectivity index (χ3v) is 6.64. The molecule has 0 fully saturated rings. The highest BCUT2D eigenvalue weighted by Gasteiger charge is 2.29. The number of carboxylic acids is 1. The molecule has 0 bridgehead atoms. The SMILES string of the molecule is CCCCO[C@H](C(=O)O)c1c(C)cc2nc(C)ccc2c1-c1ccc2c3c(cccc13)CCO2. The maximum Gasteiger partial charge on any atom is 0.337 e. The molecular formula is C29H29NO4. The second-order valence-electron chi connectivity index (χ2n) is 8.99. The van der Waals surface area contributed by atoms with Crippen molar-refractivity contribution in [3.63, 3.8) is 0 Å². The van der Waals surface area contributed by atoms with Crippen molar-refractivity contribution in [3.8, 4) is 16.9 Å². The number of fused-ring (bicyclic) bond motifs is 1. The highest BCUT2D eigenvalue weighted by molar-refractivity contribution is 6.09. The summed E-state index contributed by atoms with van der Waals surface area (Å²) in [5.41, 5.74) is 6.43. The number of benzene rings is 3. The van der Waals surface area contributed by atoms with Crippen molar-refractivity contribution in [1.29, 1.82) is 0 Å². The van der Waals surface area contributed by atoms with Crippen molar-refractivity contribution in [2.75, 3.05) is 13.2 Å². The van der Waals surface area contributed by atoms with Gasteiger partial charge < -0.3 is 14.6 Å². The lowest BCUT2D eigenvalue weighted by molar-refractivity contribution is -0.151. The van der Waals surface area contributed by atoms with Crippen LogP contribution in [-0.4, -0.2) is 29.3 Å². The lowest BCUT2D eigenvalue weighted by Crippen LogP contribution is -2.18. The van der Waals surface area contributed by atoms with E-state index in [2.05, 4.69) is 31.2 Å². The number of nitrogens with zero attached hydrogens (tertiary/aromatic N) is 1. The molecule has 5 rings (SSSR count). The normalized spacial score (nSPS) is 13.7. The van der Waals surface area contributed by atoms with Crippen LogP contribution in [0.2, 0.25) is 0 Å². The zero-order valence-electron chi connectivity index (χ0n) is 19.9. The fraction of sp³-hybridized carbons (Fsp3) is 0.310. The standard InChI is InChI=1S/C29H29NO4/c1-4-5-14-34-28(29(31)32)25-17(2)16-23-22(10-9-18(3)30-23)27(25)21-11-12-24-26-19(13-15-33-24)7-6-8-20(21)26/h6-12,16,28H,4-5,13-15H2,1-3H3,(H,31,32)/t28-/m0/s1. The first-order valence-corrected chi connectivity index (χ1v) is 11.9. The minimum atomic E-state index is -1.06. The van der Waals surface area contributed by atoms with E-state index in [9.17, 15) is 9.90 Å². The first-order valence-electron chi connectivity index (χ1n) is 11.9. The third kappa shape index (κ3) is 3.80. The quantitative estimate of drug-likeness (QED) is 0.320. The van der Waals surface area contributed by atoms with Crippen molar-refractivity contribution < 1.29 is 19.4 Å². The zero-order chi connectivity index (χ0) is 23.8. The number of ether oxygens (including phenoxy) is 2. The summed E-state index contributed by atoms with van der Waals surface area (Å²) in [5.74, 6) is -0.104. The maximum absolute atomic E-state index is 12.5. The van der Waals surface area contributed by atoms with Crippen LogP contribution in [0.25, 0.3) is 32.8 Å². The van der Waals surface area contributed by atoms with E-state index in [0.29, 0.717) is 18.8 Å². The molecule has 174 valence electrons. The second-order valence-corrected chi connectivity index (χ2v) is 8.99. The summed E-state index contributed by atoms with van der Waals surface area (Å²) >= 11 is 0. The van der Waals surface area contributed by atoms with E-state index in [1.807, 2.05) is 38.1 Å². The lowest BCUT2D eigenvalue weighted by atomic mass is 9.85. The molecule has 0 saturated carbocycles. The fourth-order valence-electron chi connectivity index (χ4n) is 5.04. The van der Waals surface area contributed by atoms with E-state index >= 15 is 0 Å². The van der Waals surface area contributed by atoms with Crippen molar-refractivity contribution in [3.05, 3.63) is 70.9 Å². The Morgan fingerprint density at radius 1 is 1.15 bits per heavy atom. The van der Waals surface area contributed by atoms with Crippen molar-refractivity contribution in [1.82, 2.24) is 4.98 Å². The summed E-state index contributed by atoms with van der Waals surface area (Å²) in [5, 5.41) is 13.3. The van der Waals surface area contributed by atoms with E-state index in [-0.39, 0.29) is 0 Å². The Bertz CT molecular complexity index is 1400. The Hall–Kier alpha value is -3.44. The molecule has 0 aliphatic carbocycles. The van der Waals surface area contributed by atoms with Crippen LogP contribution in [0.4, 0.5) is 0 Å². The number of aryl methyl sites for hydroxylation is 2. The van der Waals surface area contributed by atoms with Crippen LogP contribution in [0.5, 0.6) is 5.75 Å². The van der Waals surface area contributed by atoms with E-state index in [0.717, 1.165) is 69.1 Å². The minimum absolute atomic E-state index is 0.397. The summed E-state index contributed by atoms with van der Waals surface area (Å²) in [7, 11) is 0. The summed E-state index contributed by atoms with van der Waals surface area (Å²) in [4.78, 5) is 17.3. The van der Waals surface area contributed by atoms with E-state index in [4.69, 9.17) is 14.5 Å². The summed E-state index contributed by atoms with van der Waals surface area (Å²) < 4.78 is 12.0. The number of rotatable bonds is 7. The molecule has 5 nitrogen and oxygen atoms in total. The van der Waals surface area contributed by atoms with Crippen molar-refractivity contribution in [2.45, 2.75) is 46.1 Å². The van der Waals surface area contributed by atoms with Gasteiger partial charge in [-0.3, -0.25) is 4.98 Å². The average molecular weight is 456 g/mol. The second kappa shape index (κ2) is 9.07. The van der Waals surface area contributed by atoms with Gasteiger partial charge >= 0.3 is 5.97 Å². The maximum atomic E-state index is 12.5. The molecule has 1 aliphatic rings. The number of carboxylic acid groups (broad SMARTS) is 1. The number of aliphatic carboxylic acids is 1. The van der Waals surface area contributed by atoms with Crippen molar-refractivity contribution in [2.24, 2.45) is 0 Å². The van der Waals surface area contributed by atoms with Gasteiger partial charge in [0.1, 0.15) is 5.75 Å². The molecule has 3 aromatic carbocycles. The Morgan fingerprint density at radius 3 is 2.79 bits per heavy atom. The minimum Gasteiger partial charge on any atom is -0.493 e. The summed E-state index contributed by atoms with van der Waals surface area (Å²) in [6, 6.07) is 16.4. The van der Waals surface area contributed by atoms with Gasteiger partial charge in [0.25, 0.3) is 0 Å². The van der Waals surface area contributed by atoms with Crippen LogP contribution < -0.4 is 4.74 Å². The van der Waals surface area contributed by atoms with Gasteiger partial charge in [-0.25, -0.2) is 4.79 Å². The van der Waals surface area contributed by atoms with E-state index in [1.165, 1.54) is 5.56 Å². The first kappa shape index (κ1) is 22.4. The van der Waals surface area contributed by atoms with Gasteiger partial charge in [-0.15, -0.1) is 0 Å². The molecule has 0 spiro atoms. The van der Waals surface area contributed by atoms with Crippen molar-refractivity contribution >= 4 is 27.6 Å². The highest BCUT2D eigenvalue weighted by Crippen LogP contribution is 2.44. The summed E-state index contributed by atoms with van der Waals surface area (Å²) in [6.07, 6.45) is 1.54. The lowest BCUT2D eigenvalue weighted by Gasteiger charge is -2.25. The number of unbranched alkanes of at least 4 members (excludes halogenated alkanes) is 1. The molecule has 1 atom stereocenters. The fourth-order valence-corrected chi connectivity index (χ4v) is 5.04. The van der Waals surface area contributed by atoms with Gasteiger partial charge in [-0.1, -0.05) is 43.7 Å². The molecule has 34 heavy (non-hydrogen) atoms. The molecule has 1 aliphatic heterocycles. The van der Waals surface area contributed by atoms with Crippen LogP contribution >= 0.6 is 0 Å². The van der Waals surface area contributed by atoms with Crippen LogP contribution in [0, 0.1) is 13.8 Å². The van der Waals surface area contributed by atoms with Crippen LogP contribution in [0.3, 0.4) is 0 Å². The predicted octanol–water partition coefficient (Wildman–Crippen LogP) is 6.55. The largest absolute Gasteiger partial charge is 0.493 e. The van der Waals surface area contributed by atoms with Gasteiger partial charge in [0.2, 0.25) is 0 Å². The smallest absolute Gasteiger partial charge is 0.337 e. The third-order valence-electron chi connectivity index (χ3n) is 6.64. The molecular weight excluding hydrogens is 426 g/mol. The van der Waals surface area contributed by atoms with Gasteiger partial charge in [-0.2, -0.15) is 0 Å². The Kier molecular flexibility index (Phi) is 5.96. The van der Waals surface area contributed by atoms with Crippen LogP contribution in [0.1, 0.15) is 48.3 Å². The Morgan fingerprint density at radius 2 is 2.00 bits per heavy atom. The predicted molar refractivity (Wildman–Crippen MR) is 135 cm³/mol. The molecule has 5 heteroatoms. The van der Waals surface area contributed by atoms with E-state index in [1.54, 1.807) is 0 Å². The monoisotopic (exact) mass is 455 g/mol. The molecule has 0 radical (unpaired) electrons. The highest BCUT2D eigenvalue weighted by atomic mass is 16.5. The molecule has 4 aromatic rings. The molecule has 0 saturated heterocycles. The number of aromatic nitrogens is 1. The number of carbonyl (C=O) groups is 1. The van der Waals surface area contributed by atoms with Gasteiger partial charge in [0, 0.05) is 35.1 Å². The van der Waals surface area contributed by atoms with E-state index < -0.39 is 12.1 Å². The van der Waals surface area contributed by atoms with Gasteiger partial charge in [-0.05, 0) is 66.1 Å².